The molecule has 0 unspecified atom stereocenters. The molecule has 34 heavy (non-hydrogen) atoms. The third-order valence-corrected chi connectivity index (χ3v) is 6.43. The fraction of sp³-hybridized carbons (Fsp3) is 0.179. The van der Waals surface area contributed by atoms with Crippen LogP contribution in [0.5, 0.6) is 5.75 Å². The summed E-state index contributed by atoms with van der Waals surface area (Å²) < 4.78 is 0. The van der Waals surface area contributed by atoms with Crippen molar-refractivity contribution >= 4 is 34.1 Å². The van der Waals surface area contributed by atoms with E-state index in [1.807, 2.05) is 66.4 Å². The van der Waals surface area contributed by atoms with Crippen LogP contribution < -0.4 is 9.80 Å². The number of benzene rings is 3. The molecule has 1 N–H and O–H groups in total. The van der Waals surface area contributed by atoms with Gasteiger partial charge in [0.25, 0.3) is 5.91 Å². The number of para-hydroxylation sites is 2. The lowest BCUT2D eigenvalue weighted by Gasteiger charge is -2.43. The second-order valence-corrected chi connectivity index (χ2v) is 8.62. The number of nitrogens with zero attached hydrogens (tertiary/aromatic N) is 3. The maximum absolute atomic E-state index is 13.8. The van der Waals surface area contributed by atoms with Gasteiger partial charge in [-0.05, 0) is 61.4 Å². The minimum absolute atomic E-state index is 0.0458. The Labute approximate surface area is 198 Å². The standard InChI is InChI=1S/C28H25N3O3/c1-18-16-26(31(19(2)32)21-8-4-3-5-9-21)22-10-6-7-11-25(22)30(18)28(34)20-12-13-24-23(17-20)27(33)14-15-29-24/h3-15,17-18,26H,16H2,1-2H3,(H,29,33)/t18-,26+/m1/s1. The largest absolute Gasteiger partial charge is 0.507 e. The first-order valence-corrected chi connectivity index (χ1v) is 11.3. The van der Waals surface area contributed by atoms with Crippen LogP contribution in [0.4, 0.5) is 11.4 Å². The van der Waals surface area contributed by atoms with Gasteiger partial charge in [0.2, 0.25) is 5.91 Å². The van der Waals surface area contributed by atoms with Gasteiger partial charge in [0.15, 0.2) is 0 Å². The third-order valence-electron chi connectivity index (χ3n) is 6.43. The molecule has 1 aliphatic heterocycles. The molecule has 6 heteroatoms. The number of hydrogen-bond donors (Lipinski definition) is 1. The van der Waals surface area contributed by atoms with E-state index in [1.165, 1.54) is 12.3 Å². The Hall–Kier alpha value is -4.19. The Kier molecular flexibility index (Phi) is 5.49. The highest BCUT2D eigenvalue weighted by molar-refractivity contribution is 6.09. The first kappa shape index (κ1) is 21.6. The average molecular weight is 452 g/mol. The van der Waals surface area contributed by atoms with Gasteiger partial charge in [0, 0.05) is 41.5 Å². The summed E-state index contributed by atoms with van der Waals surface area (Å²) in [6.07, 6.45) is 2.13. The molecule has 2 heterocycles. The van der Waals surface area contributed by atoms with Crippen LogP contribution in [-0.4, -0.2) is 27.9 Å². The van der Waals surface area contributed by atoms with Crippen LogP contribution >= 0.6 is 0 Å². The fourth-order valence-corrected chi connectivity index (χ4v) is 4.91. The van der Waals surface area contributed by atoms with Gasteiger partial charge in [-0.15, -0.1) is 0 Å². The monoisotopic (exact) mass is 451 g/mol. The lowest BCUT2D eigenvalue weighted by atomic mass is 9.89. The number of anilines is 2. The van der Waals surface area contributed by atoms with Crippen molar-refractivity contribution in [1.82, 2.24) is 4.98 Å². The fourth-order valence-electron chi connectivity index (χ4n) is 4.91. The van der Waals surface area contributed by atoms with Crippen molar-refractivity contribution in [3.63, 3.8) is 0 Å². The molecular formula is C28H25N3O3. The van der Waals surface area contributed by atoms with Crippen molar-refractivity contribution in [1.29, 1.82) is 0 Å². The summed E-state index contributed by atoms with van der Waals surface area (Å²) in [5.41, 5.74) is 3.65. The quantitative estimate of drug-likeness (QED) is 0.448. The summed E-state index contributed by atoms with van der Waals surface area (Å²) in [5, 5.41) is 10.8. The number of pyridine rings is 1. The Balaban J connectivity index is 1.58. The zero-order chi connectivity index (χ0) is 23.8. The number of carbonyl (C=O) groups is 2. The van der Waals surface area contributed by atoms with E-state index in [4.69, 9.17) is 0 Å². The Morgan fingerprint density at radius 1 is 1.00 bits per heavy atom. The van der Waals surface area contributed by atoms with E-state index in [-0.39, 0.29) is 29.6 Å². The van der Waals surface area contributed by atoms with E-state index in [0.29, 0.717) is 22.9 Å². The van der Waals surface area contributed by atoms with Crippen molar-refractivity contribution < 1.29 is 14.7 Å². The van der Waals surface area contributed by atoms with E-state index >= 15 is 0 Å². The number of fused-ring (bicyclic) bond motifs is 2. The Bertz CT molecular complexity index is 1390. The molecule has 0 saturated carbocycles. The van der Waals surface area contributed by atoms with Crippen molar-refractivity contribution in [3.05, 3.63) is 96.2 Å². The smallest absolute Gasteiger partial charge is 0.258 e. The number of amides is 2. The van der Waals surface area contributed by atoms with Crippen molar-refractivity contribution in [2.24, 2.45) is 0 Å². The topological polar surface area (TPSA) is 73.7 Å². The minimum Gasteiger partial charge on any atom is -0.507 e. The van der Waals surface area contributed by atoms with Crippen LogP contribution in [0.3, 0.4) is 0 Å². The summed E-state index contributed by atoms with van der Waals surface area (Å²) in [6.45, 7) is 3.58. The zero-order valence-electron chi connectivity index (χ0n) is 19.1. The Morgan fingerprint density at radius 2 is 1.74 bits per heavy atom. The molecule has 1 aliphatic rings. The summed E-state index contributed by atoms with van der Waals surface area (Å²) in [6, 6.07) is 23.7. The van der Waals surface area contributed by atoms with E-state index in [1.54, 1.807) is 30.0 Å². The van der Waals surface area contributed by atoms with Gasteiger partial charge >= 0.3 is 0 Å². The van der Waals surface area contributed by atoms with Gasteiger partial charge in [-0.3, -0.25) is 14.6 Å². The maximum atomic E-state index is 13.8. The third kappa shape index (κ3) is 3.67. The maximum Gasteiger partial charge on any atom is 0.258 e. The van der Waals surface area contributed by atoms with Crippen LogP contribution in [0, 0.1) is 0 Å². The van der Waals surface area contributed by atoms with Gasteiger partial charge in [0.1, 0.15) is 5.75 Å². The molecule has 0 saturated heterocycles. The lowest BCUT2D eigenvalue weighted by Crippen LogP contribution is -2.47. The number of hydrogen-bond acceptors (Lipinski definition) is 4. The van der Waals surface area contributed by atoms with Crippen LogP contribution in [0.2, 0.25) is 0 Å². The molecule has 4 aromatic rings. The van der Waals surface area contributed by atoms with Crippen LogP contribution in [0.1, 0.15) is 42.2 Å². The van der Waals surface area contributed by atoms with Gasteiger partial charge in [-0.25, -0.2) is 0 Å². The molecule has 2 atom stereocenters. The van der Waals surface area contributed by atoms with Crippen LogP contribution in [0.25, 0.3) is 10.9 Å². The van der Waals surface area contributed by atoms with E-state index in [9.17, 15) is 14.7 Å². The van der Waals surface area contributed by atoms with Crippen LogP contribution in [-0.2, 0) is 4.79 Å². The van der Waals surface area contributed by atoms with Gasteiger partial charge in [-0.2, -0.15) is 0 Å². The molecule has 170 valence electrons. The first-order chi connectivity index (χ1) is 16.5. The molecule has 1 aromatic heterocycles. The minimum atomic E-state index is -0.194. The van der Waals surface area contributed by atoms with E-state index in [2.05, 4.69) is 4.98 Å². The van der Waals surface area contributed by atoms with Crippen molar-refractivity contribution in [3.8, 4) is 5.75 Å². The Morgan fingerprint density at radius 3 is 2.50 bits per heavy atom. The summed E-state index contributed by atoms with van der Waals surface area (Å²) in [5.74, 6) is -0.111. The molecular weight excluding hydrogens is 426 g/mol. The first-order valence-electron chi connectivity index (χ1n) is 11.3. The summed E-state index contributed by atoms with van der Waals surface area (Å²) >= 11 is 0. The lowest BCUT2D eigenvalue weighted by molar-refractivity contribution is -0.117. The van der Waals surface area contributed by atoms with E-state index < -0.39 is 0 Å². The number of carbonyl (C=O) groups excluding carboxylic acids is 2. The molecule has 6 nitrogen and oxygen atoms in total. The molecule has 0 radical (unpaired) electrons. The highest BCUT2D eigenvalue weighted by Gasteiger charge is 2.38. The van der Waals surface area contributed by atoms with Gasteiger partial charge in [0.05, 0.1) is 11.6 Å². The SMILES string of the molecule is CC(=O)N(c1ccccc1)[C@H]1C[C@@H](C)N(C(=O)c2ccc3nccc(O)c3c2)c2ccccc21. The van der Waals surface area contributed by atoms with Crippen molar-refractivity contribution in [2.45, 2.75) is 32.4 Å². The highest BCUT2D eigenvalue weighted by atomic mass is 16.3. The predicted molar refractivity (Wildman–Crippen MR) is 133 cm³/mol. The summed E-state index contributed by atoms with van der Waals surface area (Å²) in [7, 11) is 0. The molecule has 5 rings (SSSR count). The second kappa shape index (κ2) is 8.63. The zero-order valence-corrected chi connectivity index (χ0v) is 19.1. The van der Waals surface area contributed by atoms with E-state index in [0.717, 1.165) is 16.9 Å². The molecule has 0 aliphatic carbocycles. The van der Waals surface area contributed by atoms with Gasteiger partial charge < -0.3 is 14.9 Å². The van der Waals surface area contributed by atoms with Gasteiger partial charge in [-0.1, -0.05) is 36.4 Å². The summed E-state index contributed by atoms with van der Waals surface area (Å²) in [4.78, 5) is 34.4. The number of aromatic nitrogens is 1. The average Bonchev–Trinajstić information content (AvgIpc) is 2.84. The van der Waals surface area contributed by atoms with Crippen molar-refractivity contribution in [2.75, 3.05) is 9.80 Å². The predicted octanol–water partition coefficient (Wildman–Crippen LogP) is 5.47. The second-order valence-electron chi connectivity index (χ2n) is 8.62. The van der Waals surface area contributed by atoms with Crippen LogP contribution in [0.15, 0.2) is 85.1 Å². The molecule has 0 fully saturated rings. The normalized spacial score (nSPS) is 17.3. The molecule has 3 aromatic carbocycles. The number of aromatic hydroxyl groups is 1. The molecule has 0 bridgehead atoms. The highest BCUT2D eigenvalue weighted by Crippen LogP contribution is 2.42. The molecule has 0 spiro atoms. The molecule has 2 amide bonds. The number of rotatable bonds is 3.